The van der Waals surface area contributed by atoms with E-state index in [0.717, 1.165) is 18.4 Å². The number of hydrogen-bond donors (Lipinski definition) is 1. The van der Waals surface area contributed by atoms with Crippen molar-refractivity contribution in [3.05, 3.63) is 82.0 Å². The topological polar surface area (TPSA) is 72.3 Å². The largest absolute Gasteiger partial charge is 0.487 e. The summed E-state index contributed by atoms with van der Waals surface area (Å²) in [6.45, 7) is 0.111. The lowest BCUT2D eigenvalue weighted by Gasteiger charge is -2.12. The van der Waals surface area contributed by atoms with Gasteiger partial charge in [0.1, 0.15) is 18.2 Å². The van der Waals surface area contributed by atoms with Crippen LogP contribution in [0.3, 0.4) is 0 Å². The van der Waals surface area contributed by atoms with E-state index in [1.165, 1.54) is 16.6 Å². The van der Waals surface area contributed by atoms with Crippen molar-refractivity contribution in [2.24, 2.45) is 5.92 Å². The van der Waals surface area contributed by atoms with Gasteiger partial charge in [0, 0.05) is 17.2 Å². The summed E-state index contributed by atoms with van der Waals surface area (Å²) in [6, 6.07) is 15.7. The Balaban J connectivity index is 1.41. The maximum absolute atomic E-state index is 14.2. The first-order valence-corrected chi connectivity index (χ1v) is 9.62. The minimum atomic E-state index is -0.301. The molecular formula is C22H19FN4O2. The van der Waals surface area contributed by atoms with Gasteiger partial charge in [-0.2, -0.15) is 9.50 Å². The first-order chi connectivity index (χ1) is 14.2. The number of ether oxygens (including phenoxy) is 1. The molecule has 5 rings (SSSR count). The van der Waals surface area contributed by atoms with Gasteiger partial charge in [0.15, 0.2) is 5.82 Å². The Morgan fingerprint density at radius 1 is 1.14 bits per heavy atom. The molecule has 4 aromatic rings. The van der Waals surface area contributed by atoms with Crippen LogP contribution in [-0.4, -0.2) is 19.6 Å². The molecule has 1 fully saturated rings. The maximum Gasteiger partial charge on any atom is 0.276 e. The molecule has 146 valence electrons. The highest BCUT2D eigenvalue weighted by Crippen LogP contribution is 2.36. The van der Waals surface area contributed by atoms with Crippen LogP contribution in [0.5, 0.6) is 5.75 Å². The standard InChI is InChI=1S/C22H19FN4O2/c23-18-7-4-8-19(17(18)11-14-9-10-14)29-13-16-12-20(28)27-22(24-16)25-21(26-27)15-5-2-1-3-6-15/h1-8,12,14H,9-11,13H2,(H,24,25,26). The van der Waals surface area contributed by atoms with Crippen LogP contribution < -0.4 is 10.3 Å². The van der Waals surface area contributed by atoms with Gasteiger partial charge in [0.2, 0.25) is 5.78 Å². The van der Waals surface area contributed by atoms with Gasteiger partial charge in [-0.05, 0) is 37.3 Å². The van der Waals surface area contributed by atoms with E-state index in [0.29, 0.717) is 40.9 Å². The van der Waals surface area contributed by atoms with Crippen molar-refractivity contribution in [2.75, 3.05) is 0 Å². The van der Waals surface area contributed by atoms with Crippen molar-refractivity contribution in [3.63, 3.8) is 0 Å². The van der Waals surface area contributed by atoms with Gasteiger partial charge in [-0.1, -0.05) is 36.4 Å². The fourth-order valence-electron chi connectivity index (χ4n) is 3.36. The van der Waals surface area contributed by atoms with E-state index < -0.39 is 0 Å². The summed E-state index contributed by atoms with van der Waals surface area (Å²) in [7, 11) is 0. The van der Waals surface area contributed by atoms with Crippen molar-refractivity contribution in [1.82, 2.24) is 19.6 Å². The van der Waals surface area contributed by atoms with Crippen LogP contribution in [0, 0.1) is 11.7 Å². The molecule has 1 aliphatic carbocycles. The Morgan fingerprint density at radius 3 is 2.76 bits per heavy atom. The van der Waals surface area contributed by atoms with Crippen molar-refractivity contribution in [1.29, 1.82) is 0 Å². The number of H-pyrrole nitrogens is 1. The molecule has 0 radical (unpaired) electrons. The van der Waals surface area contributed by atoms with E-state index in [4.69, 9.17) is 4.74 Å². The lowest BCUT2D eigenvalue weighted by molar-refractivity contribution is 0.295. The molecule has 0 aliphatic heterocycles. The van der Waals surface area contributed by atoms with Crippen LogP contribution >= 0.6 is 0 Å². The predicted octanol–water partition coefficient (Wildman–Crippen LogP) is 3.76. The van der Waals surface area contributed by atoms with Gasteiger partial charge in [-0.25, -0.2) is 4.39 Å². The van der Waals surface area contributed by atoms with E-state index in [2.05, 4.69) is 15.1 Å². The van der Waals surface area contributed by atoms with Gasteiger partial charge in [0.05, 0.1) is 5.69 Å². The summed E-state index contributed by atoms with van der Waals surface area (Å²) in [5.41, 5.74) is 1.68. The molecule has 1 aliphatic rings. The normalized spacial score (nSPS) is 13.7. The zero-order chi connectivity index (χ0) is 19.8. The van der Waals surface area contributed by atoms with Crippen LogP contribution in [-0.2, 0) is 13.0 Å². The third-order valence-corrected chi connectivity index (χ3v) is 5.07. The average molecular weight is 390 g/mol. The molecule has 0 amide bonds. The number of halogens is 1. The predicted molar refractivity (Wildman–Crippen MR) is 106 cm³/mol. The first-order valence-electron chi connectivity index (χ1n) is 9.62. The average Bonchev–Trinajstić information content (AvgIpc) is 3.44. The van der Waals surface area contributed by atoms with Gasteiger partial charge < -0.3 is 9.72 Å². The molecule has 29 heavy (non-hydrogen) atoms. The molecule has 0 unspecified atom stereocenters. The Kier molecular flexibility index (Phi) is 4.35. The molecular weight excluding hydrogens is 371 g/mol. The van der Waals surface area contributed by atoms with Crippen LogP contribution in [0.2, 0.25) is 0 Å². The van der Waals surface area contributed by atoms with E-state index in [1.54, 1.807) is 12.1 Å². The number of benzene rings is 2. The van der Waals surface area contributed by atoms with E-state index in [1.807, 2.05) is 30.3 Å². The summed E-state index contributed by atoms with van der Waals surface area (Å²) in [6.07, 6.45) is 2.95. The molecule has 6 nitrogen and oxygen atoms in total. The van der Waals surface area contributed by atoms with Crippen LogP contribution in [0.1, 0.15) is 24.1 Å². The fraction of sp³-hybridized carbons (Fsp3) is 0.227. The zero-order valence-electron chi connectivity index (χ0n) is 15.6. The molecule has 0 spiro atoms. The second-order valence-electron chi connectivity index (χ2n) is 7.32. The Labute approximate surface area is 166 Å². The van der Waals surface area contributed by atoms with E-state index in [-0.39, 0.29) is 18.0 Å². The minimum absolute atomic E-state index is 0.111. The van der Waals surface area contributed by atoms with Gasteiger partial charge in [-0.3, -0.25) is 4.79 Å². The second kappa shape index (κ2) is 7.16. The lowest BCUT2D eigenvalue weighted by atomic mass is 10.1. The summed E-state index contributed by atoms with van der Waals surface area (Å²) >= 11 is 0. The molecule has 2 heterocycles. The number of nitrogens with zero attached hydrogens (tertiary/aromatic N) is 3. The highest BCUT2D eigenvalue weighted by Gasteiger charge is 2.25. The number of fused-ring (bicyclic) bond motifs is 1. The zero-order valence-corrected chi connectivity index (χ0v) is 15.6. The van der Waals surface area contributed by atoms with Crippen LogP contribution in [0.25, 0.3) is 17.2 Å². The van der Waals surface area contributed by atoms with Crippen molar-refractivity contribution in [3.8, 4) is 17.1 Å². The van der Waals surface area contributed by atoms with Crippen molar-refractivity contribution < 1.29 is 9.13 Å². The smallest absolute Gasteiger partial charge is 0.276 e. The number of nitrogens with one attached hydrogen (secondary N) is 1. The second-order valence-corrected chi connectivity index (χ2v) is 7.32. The van der Waals surface area contributed by atoms with Gasteiger partial charge >= 0.3 is 0 Å². The summed E-state index contributed by atoms with van der Waals surface area (Å²) in [5, 5.41) is 4.28. The third-order valence-electron chi connectivity index (χ3n) is 5.07. The monoisotopic (exact) mass is 390 g/mol. The van der Waals surface area contributed by atoms with Crippen LogP contribution in [0.15, 0.2) is 59.4 Å². The highest BCUT2D eigenvalue weighted by atomic mass is 19.1. The molecule has 0 saturated heterocycles. The number of hydrogen-bond acceptors (Lipinski definition) is 4. The molecule has 2 aromatic carbocycles. The SMILES string of the molecule is O=c1cc(COc2cccc(F)c2CC2CC2)[nH]c2nc(-c3ccccc3)nn12. The molecule has 1 saturated carbocycles. The number of rotatable bonds is 6. The van der Waals surface area contributed by atoms with E-state index in [9.17, 15) is 9.18 Å². The number of aromatic amines is 1. The molecule has 7 heteroatoms. The highest BCUT2D eigenvalue weighted by molar-refractivity contribution is 5.56. The summed E-state index contributed by atoms with van der Waals surface area (Å²) < 4.78 is 21.3. The lowest BCUT2D eigenvalue weighted by Crippen LogP contribution is -2.16. The third kappa shape index (κ3) is 3.63. The Bertz CT molecular complexity index is 1230. The molecule has 1 N–H and O–H groups in total. The van der Waals surface area contributed by atoms with Crippen LogP contribution in [0.4, 0.5) is 4.39 Å². The quantitative estimate of drug-likeness (QED) is 0.544. The number of aromatic nitrogens is 4. The van der Waals surface area contributed by atoms with E-state index >= 15 is 0 Å². The van der Waals surface area contributed by atoms with Gasteiger partial charge in [0.25, 0.3) is 5.56 Å². The molecule has 2 aromatic heterocycles. The Hall–Kier alpha value is -3.48. The van der Waals surface area contributed by atoms with Gasteiger partial charge in [-0.15, -0.1) is 5.10 Å². The maximum atomic E-state index is 14.2. The molecule has 0 atom stereocenters. The fourth-order valence-corrected chi connectivity index (χ4v) is 3.36. The first kappa shape index (κ1) is 17.6. The van der Waals surface area contributed by atoms with Crippen molar-refractivity contribution >= 4 is 5.78 Å². The summed E-state index contributed by atoms with van der Waals surface area (Å²) in [5.74, 6) is 1.62. The summed E-state index contributed by atoms with van der Waals surface area (Å²) in [4.78, 5) is 20.0. The van der Waals surface area contributed by atoms with Crippen molar-refractivity contribution in [2.45, 2.75) is 25.9 Å². The minimum Gasteiger partial charge on any atom is -0.487 e. The Morgan fingerprint density at radius 2 is 1.97 bits per heavy atom. The molecule has 0 bridgehead atoms.